The van der Waals surface area contributed by atoms with Crippen LogP contribution in [0.1, 0.15) is 40.5 Å². The van der Waals surface area contributed by atoms with Crippen molar-refractivity contribution in [2.45, 2.75) is 45.4 Å². The molecule has 5 nitrogen and oxygen atoms in total. The van der Waals surface area contributed by atoms with E-state index in [9.17, 15) is 8.42 Å². The predicted molar refractivity (Wildman–Crippen MR) is 92.1 cm³/mol. The van der Waals surface area contributed by atoms with Gasteiger partial charge in [-0.3, -0.25) is 0 Å². The lowest BCUT2D eigenvalue weighted by molar-refractivity contribution is 0.340. The van der Waals surface area contributed by atoms with Crippen LogP contribution in [0.25, 0.3) is 0 Å². The first-order chi connectivity index (χ1) is 10.7. The summed E-state index contributed by atoms with van der Waals surface area (Å²) in [4.78, 5) is 2.50. The Hall–Kier alpha value is -1.82. The fourth-order valence-electron chi connectivity index (χ4n) is 2.82. The minimum absolute atomic E-state index is 0.0995. The van der Waals surface area contributed by atoms with Crippen LogP contribution in [0.2, 0.25) is 0 Å². The molecular formula is C17H24N2O3S. The molecule has 0 heterocycles. The molecule has 126 valence electrons. The summed E-state index contributed by atoms with van der Waals surface area (Å²) >= 11 is 0. The minimum atomic E-state index is -3.67. The van der Waals surface area contributed by atoms with Crippen molar-refractivity contribution < 1.29 is 13.2 Å². The Balaban J connectivity index is 2.15. The molecule has 0 bridgehead atoms. The Kier molecular flexibility index (Phi) is 5.14. The number of ether oxygens (including phenoxy) is 1. The normalized spacial score (nSPS) is 19.3. The summed E-state index contributed by atoms with van der Waals surface area (Å²) in [6.07, 6.45) is 3.69. The van der Waals surface area contributed by atoms with E-state index in [0.717, 1.165) is 18.6 Å². The van der Waals surface area contributed by atoms with Crippen LogP contribution in [-0.4, -0.2) is 20.7 Å². The van der Waals surface area contributed by atoms with Gasteiger partial charge < -0.3 is 4.74 Å². The minimum Gasteiger partial charge on any atom is -0.494 e. The van der Waals surface area contributed by atoms with Gasteiger partial charge in [-0.2, -0.15) is 18.4 Å². The van der Waals surface area contributed by atoms with Gasteiger partial charge in [0.1, 0.15) is 5.75 Å². The van der Waals surface area contributed by atoms with Crippen molar-refractivity contribution in [1.29, 1.82) is 0 Å². The maximum Gasteiger partial charge on any atom is 0.276 e. The van der Waals surface area contributed by atoms with Crippen molar-refractivity contribution in [3.63, 3.8) is 0 Å². The smallest absolute Gasteiger partial charge is 0.276 e. The van der Waals surface area contributed by atoms with Gasteiger partial charge in [0.15, 0.2) is 0 Å². The molecule has 0 saturated heterocycles. The van der Waals surface area contributed by atoms with Gasteiger partial charge in [-0.15, -0.1) is 0 Å². The highest BCUT2D eigenvalue weighted by Gasteiger charge is 2.25. The molecule has 0 fully saturated rings. The lowest BCUT2D eigenvalue weighted by Gasteiger charge is -2.29. The average molecular weight is 336 g/mol. The standard InChI is InChI=1S/C17H24N2O3S/c1-5-22-15-6-8-16(9-7-15)23(20,21)19-18-14-10-13(2)11-17(3,4)12-14/h6-10,19H,5,11-12H2,1-4H3/b18-14-. The second-order valence-corrected chi connectivity index (χ2v) is 8.27. The summed E-state index contributed by atoms with van der Waals surface area (Å²) in [5, 5.41) is 4.11. The van der Waals surface area contributed by atoms with Gasteiger partial charge in [-0.25, -0.2) is 0 Å². The van der Waals surface area contributed by atoms with Gasteiger partial charge >= 0.3 is 0 Å². The maximum atomic E-state index is 12.3. The van der Waals surface area contributed by atoms with Crippen molar-refractivity contribution in [1.82, 2.24) is 4.83 Å². The van der Waals surface area contributed by atoms with E-state index in [1.807, 2.05) is 19.9 Å². The van der Waals surface area contributed by atoms with Crippen LogP contribution in [0, 0.1) is 5.41 Å². The summed E-state index contributed by atoms with van der Waals surface area (Å²) in [6.45, 7) is 8.76. The van der Waals surface area contributed by atoms with Gasteiger partial charge in [-0.05, 0) is 62.4 Å². The zero-order valence-electron chi connectivity index (χ0n) is 14.1. The monoisotopic (exact) mass is 336 g/mol. The number of sulfonamides is 1. The first-order valence-corrected chi connectivity index (χ1v) is 9.18. The molecule has 0 spiro atoms. The quantitative estimate of drug-likeness (QED) is 0.837. The molecule has 0 aliphatic heterocycles. The molecule has 2 rings (SSSR count). The number of hydrogen-bond acceptors (Lipinski definition) is 4. The Bertz CT molecular complexity index is 717. The third-order valence-electron chi connectivity index (χ3n) is 3.58. The number of benzene rings is 1. The number of rotatable bonds is 5. The second-order valence-electron chi connectivity index (χ2n) is 6.61. The first kappa shape index (κ1) is 17.5. The van der Waals surface area contributed by atoms with Gasteiger partial charge in [0.25, 0.3) is 10.0 Å². The third kappa shape index (κ3) is 4.82. The third-order valence-corrected chi connectivity index (χ3v) is 4.81. The summed E-state index contributed by atoms with van der Waals surface area (Å²) < 4.78 is 29.9. The van der Waals surface area contributed by atoms with Gasteiger partial charge in [0, 0.05) is 0 Å². The van der Waals surface area contributed by atoms with Crippen LogP contribution in [-0.2, 0) is 10.0 Å². The lowest BCUT2D eigenvalue weighted by atomic mass is 9.77. The van der Waals surface area contributed by atoms with E-state index in [-0.39, 0.29) is 10.3 Å². The van der Waals surface area contributed by atoms with Gasteiger partial charge in [0.2, 0.25) is 0 Å². The first-order valence-electron chi connectivity index (χ1n) is 7.70. The molecule has 1 aliphatic rings. The van der Waals surface area contributed by atoms with E-state index in [4.69, 9.17) is 4.74 Å². The summed E-state index contributed by atoms with van der Waals surface area (Å²) in [6, 6.07) is 6.30. The predicted octanol–water partition coefficient (Wildman–Crippen LogP) is 3.49. The summed E-state index contributed by atoms with van der Waals surface area (Å²) in [5.74, 6) is 0.644. The highest BCUT2D eigenvalue weighted by molar-refractivity contribution is 7.89. The molecule has 1 N–H and O–H groups in total. The summed E-state index contributed by atoms with van der Waals surface area (Å²) in [5.41, 5.74) is 2.07. The van der Waals surface area contributed by atoms with Crippen molar-refractivity contribution >= 4 is 15.7 Å². The van der Waals surface area contributed by atoms with E-state index in [0.29, 0.717) is 12.4 Å². The SMILES string of the molecule is CCOc1ccc(S(=O)(=O)N/N=C2/C=C(C)CC(C)(C)C2)cc1. The molecule has 1 aromatic rings. The number of hydrogen-bond donors (Lipinski definition) is 1. The molecule has 6 heteroatoms. The largest absolute Gasteiger partial charge is 0.494 e. The van der Waals surface area contributed by atoms with Gasteiger partial charge in [-0.1, -0.05) is 19.4 Å². The van der Waals surface area contributed by atoms with Crippen molar-refractivity contribution in [3.05, 3.63) is 35.9 Å². The number of allylic oxidation sites excluding steroid dienone is 2. The number of nitrogens with one attached hydrogen (secondary N) is 1. The topological polar surface area (TPSA) is 67.8 Å². The second kappa shape index (κ2) is 6.74. The molecular weight excluding hydrogens is 312 g/mol. The van der Waals surface area contributed by atoms with E-state index in [2.05, 4.69) is 23.8 Å². The van der Waals surface area contributed by atoms with Crippen LogP contribution in [0.15, 0.2) is 45.9 Å². The van der Waals surface area contributed by atoms with Crippen LogP contribution in [0.4, 0.5) is 0 Å². The molecule has 1 aromatic carbocycles. The van der Waals surface area contributed by atoms with Crippen LogP contribution in [0.5, 0.6) is 5.75 Å². The van der Waals surface area contributed by atoms with E-state index >= 15 is 0 Å². The number of nitrogens with zero attached hydrogens (tertiary/aromatic N) is 1. The van der Waals surface area contributed by atoms with E-state index in [1.165, 1.54) is 17.7 Å². The van der Waals surface area contributed by atoms with E-state index < -0.39 is 10.0 Å². The molecule has 1 aliphatic carbocycles. The zero-order valence-corrected chi connectivity index (χ0v) is 14.9. The van der Waals surface area contributed by atoms with E-state index in [1.54, 1.807) is 12.1 Å². The highest BCUT2D eigenvalue weighted by atomic mass is 32.2. The van der Waals surface area contributed by atoms with Crippen molar-refractivity contribution in [3.8, 4) is 5.75 Å². The highest BCUT2D eigenvalue weighted by Crippen LogP contribution is 2.33. The zero-order chi connectivity index (χ0) is 17.1. The van der Waals surface area contributed by atoms with Crippen molar-refractivity contribution in [2.24, 2.45) is 10.5 Å². The lowest BCUT2D eigenvalue weighted by Crippen LogP contribution is -2.25. The Morgan fingerprint density at radius 2 is 1.87 bits per heavy atom. The Morgan fingerprint density at radius 3 is 2.43 bits per heavy atom. The van der Waals surface area contributed by atoms with Crippen LogP contribution >= 0.6 is 0 Å². The fraction of sp³-hybridized carbons (Fsp3) is 0.471. The Labute approximate surface area is 138 Å². The van der Waals surface area contributed by atoms with Crippen LogP contribution < -0.4 is 9.57 Å². The fourth-order valence-corrected chi connectivity index (χ4v) is 3.66. The molecule has 0 aromatic heterocycles. The molecule has 23 heavy (non-hydrogen) atoms. The average Bonchev–Trinajstić information content (AvgIpc) is 2.44. The molecule has 0 radical (unpaired) electrons. The van der Waals surface area contributed by atoms with Crippen LogP contribution in [0.3, 0.4) is 0 Å². The maximum absolute atomic E-state index is 12.3. The van der Waals surface area contributed by atoms with Gasteiger partial charge in [0.05, 0.1) is 17.2 Å². The summed E-state index contributed by atoms with van der Waals surface area (Å²) in [7, 11) is -3.67. The molecule has 0 amide bonds. The van der Waals surface area contributed by atoms with Crippen molar-refractivity contribution in [2.75, 3.05) is 6.61 Å². The molecule has 0 unspecified atom stereocenters. The molecule has 0 atom stereocenters. The number of hydrazone groups is 1. The Morgan fingerprint density at radius 1 is 1.22 bits per heavy atom. The molecule has 0 saturated carbocycles.